The summed E-state index contributed by atoms with van der Waals surface area (Å²) in [6.45, 7) is 6.30. The van der Waals surface area contributed by atoms with E-state index in [1.807, 2.05) is 20.8 Å². The van der Waals surface area contributed by atoms with Crippen LogP contribution in [0.1, 0.15) is 39.2 Å². The molecule has 2 heterocycles. The van der Waals surface area contributed by atoms with Crippen LogP contribution in [0.3, 0.4) is 0 Å². The number of carbonyl (C=O) groups excluding carboxylic acids is 2. The van der Waals surface area contributed by atoms with E-state index in [-0.39, 0.29) is 42.0 Å². The third kappa shape index (κ3) is 4.63. The summed E-state index contributed by atoms with van der Waals surface area (Å²) in [5.74, 6) is -0.431. The quantitative estimate of drug-likeness (QED) is 0.785. The summed E-state index contributed by atoms with van der Waals surface area (Å²) in [6.07, 6.45) is 0.882. The highest BCUT2D eigenvalue weighted by Gasteiger charge is 2.44. The first-order valence-electron chi connectivity index (χ1n) is 9.62. The Kier molecular flexibility index (Phi) is 5.93. The Labute approximate surface area is 164 Å². The minimum atomic E-state index is -0.572. The maximum atomic E-state index is 13.9. The third-order valence-corrected chi connectivity index (χ3v) is 5.17. The van der Waals surface area contributed by atoms with Gasteiger partial charge in [-0.1, -0.05) is 6.07 Å². The fourth-order valence-electron chi connectivity index (χ4n) is 3.96. The van der Waals surface area contributed by atoms with E-state index in [4.69, 9.17) is 14.2 Å². The van der Waals surface area contributed by atoms with Gasteiger partial charge in [0.25, 0.3) is 0 Å². The number of hydrogen-bond donors (Lipinski definition) is 0. The highest BCUT2D eigenvalue weighted by atomic mass is 19.1. The number of ketones is 1. The van der Waals surface area contributed by atoms with Crippen molar-refractivity contribution in [3.8, 4) is 5.75 Å². The van der Waals surface area contributed by atoms with Gasteiger partial charge in [-0.05, 0) is 51.3 Å². The van der Waals surface area contributed by atoms with Gasteiger partial charge >= 0.3 is 6.09 Å². The van der Waals surface area contributed by atoms with E-state index in [1.54, 1.807) is 11.0 Å². The number of fused-ring (bicyclic) bond motifs is 2. The molecule has 2 aliphatic rings. The van der Waals surface area contributed by atoms with Gasteiger partial charge in [-0.2, -0.15) is 0 Å². The number of Topliss-reactive ketones (excluding diaryl/α,β-unsaturated/α-hetero) is 1. The predicted molar refractivity (Wildman–Crippen MR) is 101 cm³/mol. The fraction of sp³-hybridized carbons (Fsp3) is 0.619. The van der Waals surface area contributed by atoms with Crippen LogP contribution in [0.4, 0.5) is 9.18 Å². The second-order valence-corrected chi connectivity index (χ2v) is 8.51. The van der Waals surface area contributed by atoms with Gasteiger partial charge in [0.05, 0.1) is 32.4 Å². The molecule has 28 heavy (non-hydrogen) atoms. The number of carbonyl (C=O) groups is 2. The number of methoxy groups -OCH3 is 1. The smallest absolute Gasteiger partial charge is 0.410 e. The number of rotatable bonds is 4. The number of benzene rings is 1. The lowest BCUT2D eigenvalue weighted by Gasteiger charge is -2.47. The Bertz CT molecular complexity index is 731. The molecule has 2 unspecified atom stereocenters. The number of amides is 1. The zero-order valence-electron chi connectivity index (χ0n) is 16.9. The molecule has 0 saturated carbocycles. The largest absolute Gasteiger partial charge is 0.494 e. The Morgan fingerprint density at radius 1 is 1.21 bits per heavy atom. The summed E-state index contributed by atoms with van der Waals surface area (Å²) < 4.78 is 30.0. The van der Waals surface area contributed by atoms with E-state index in [0.29, 0.717) is 31.6 Å². The molecular weight excluding hydrogens is 365 g/mol. The monoisotopic (exact) mass is 393 g/mol. The molecule has 0 spiro atoms. The molecule has 2 fully saturated rings. The van der Waals surface area contributed by atoms with E-state index in [0.717, 1.165) is 0 Å². The van der Waals surface area contributed by atoms with Crippen LogP contribution in [0.2, 0.25) is 0 Å². The van der Waals surface area contributed by atoms with E-state index in [1.165, 1.54) is 19.2 Å². The number of morpholine rings is 1. The first-order valence-corrected chi connectivity index (χ1v) is 9.62. The van der Waals surface area contributed by atoms with Crippen molar-refractivity contribution >= 4 is 11.9 Å². The second-order valence-electron chi connectivity index (χ2n) is 8.51. The highest BCUT2D eigenvalue weighted by molar-refractivity contribution is 5.84. The maximum Gasteiger partial charge on any atom is 0.410 e. The van der Waals surface area contributed by atoms with Gasteiger partial charge in [0, 0.05) is 12.3 Å². The van der Waals surface area contributed by atoms with Crippen LogP contribution in [0, 0.1) is 11.7 Å². The Morgan fingerprint density at radius 3 is 2.39 bits per heavy atom. The minimum Gasteiger partial charge on any atom is -0.494 e. The van der Waals surface area contributed by atoms with Crippen LogP contribution in [0.15, 0.2) is 18.2 Å². The van der Waals surface area contributed by atoms with E-state index in [9.17, 15) is 14.0 Å². The van der Waals surface area contributed by atoms with Crippen molar-refractivity contribution < 1.29 is 28.2 Å². The predicted octanol–water partition coefficient (Wildman–Crippen LogP) is 3.36. The van der Waals surface area contributed by atoms with E-state index >= 15 is 0 Å². The average Bonchev–Trinajstić information content (AvgIpc) is 2.59. The lowest BCUT2D eigenvalue weighted by molar-refractivity contribution is -0.131. The van der Waals surface area contributed by atoms with Crippen LogP contribution in [0.25, 0.3) is 0 Å². The molecule has 2 aliphatic heterocycles. The summed E-state index contributed by atoms with van der Waals surface area (Å²) in [6, 6.07) is 4.23. The SMILES string of the molecule is COc1ccc(CC(=O)C2CC3COCC(C2)N3C(=O)OC(C)(C)C)cc1F. The molecule has 1 aromatic carbocycles. The van der Waals surface area contributed by atoms with Gasteiger partial charge in [0.15, 0.2) is 11.6 Å². The zero-order valence-corrected chi connectivity index (χ0v) is 16.9. The molecule has 2 atom stereocenters. The van der Waals surface area contributed by atoms with Crippen LogP contribution >= 0.6 is 0 Å². The molecule has 154 valence electrons. The molecule has 0 N–H and O–H groups in total. The molecule has 0 radical (unpaired) electrons. The molecule has 1 aromatic rings. The molecule has 7 heteroatoms. The summed E-state index contributed by atoms with van der Waals surface area (Å²) in [5, 5.41) is 0. The highest BCUT2D eigenvalue weighted by Crippen LogP contribution is 2.34. The minimum absolute atomic E-state index is 0.0605. The number of halogens is 1. The summed E-state index contributed by atoms with van der Waals surface area (Å²) in [7, 11) is 1.41. The lowest BCUT2D eigenvalue weighted by atomic mass is 9.81. The molecule has 6 nitrogen and oxygen atoms in total. The van der Waals surface area contributed by atoms with Crippen molar-refractivity contribution in [3.05, 3.63) is 29.6 Å². The molecule has 2 saturated heterocycles. The van der Waals surface area contributed by atoms with Crippen molar-refractivity contribution in [2.24, 2.45) is 5.92 Å². The average molecular weight is 393 g/mol. The molecule has 2 bridgehead atoms. The van der Waals surface area contributed by atoms with Crippen LogP contribution in [-0.2, 0) is 20.7 Å². The van der Waals surface area contributed by atoms with Crippen molar-refractivity contribution in [3.63, 3.8) is 0 Å². The van der Waals surface area contributed by atoms with Gasteiger partial charge in [0.1, 0.15) is 11.4 Å². The maximum absolute atomic E-state index is 13.9. The molecular formula is C21H28FNO5. The molecule has 0 aromatic heterocycles. The van der Waals surface area contributed by atoms with Gasteiger partial charge in [-0.25, -0.2) is 9.18 Å². The molecule has 0 aliphatic carbocycles. The third-order valence-electron chi connectivity index (χ3n) is 5.17. The zero-order chi connectivity index (χ0) is 20.5. The topological polar surface area (TPSA) is 65.1 Å². The van der Waals surface area contributed by atoms with Gasteiger partial charge in [0.2, 0.25) is 0 Å². The number of ether oxygens (including phenoxy) is 3. The summed E-state index contributed by atoms with van der Waals surface area (Å²) in [5.41, 5.74) is 0.0523. The van der Waals surface area contributed by atoms with Crippen LogP contribution in [0.5, 0.6) is 5.75 Å². The summed E-state index contributed by atoms with van der Waals surface area (Å²) >= 11 is 0. The van der Waals surface area contributed by atoms with Crippen LogP contribution < -0.4 is 4.74 Å². The summed E-state index contributed by atoms with van der Waals surface area (Å²) in [4.78, 5) is 27.2. The first-order chi connectivity index (χ1) is 13.2. The lowest BCUT2D eigenvalue weighted by Crippen LogP contribution is -2.60. The van der Waals surface area contributed by atoms with E-state index < -0.39 is 11.4 Å². The van der Waals surface area contributed by atoms with Gasteiger partial charge in [-0.15, -0.1) is 0 Å². The Balaban J connectivity index is 1.67. The van der Waals surface area contributed by atoms with Crippen molar-refractivity contribution in [1.82, 2.24) is 4.90 Å². The Hall–Kier alpha value is -2.15. The number of hydrogen-bond acceptors (Lipinski definition) is 5. The second kappa shape index (κ2) is 8.07. The van der Waals surface area contributed by atoms with Gasteiger partial charge < -0.3 is 14.2 Å². The normalized spacial score (nSPS) is 24.6. The van der Waals surface area contributed by atoms with Gasteiger partial charge in [-0.3, -0.25) is 9.69 Å². The van der Waals surface area contributed by atoms with Crippen molar-refractivity contribution in [2.45, 2.75) is 57.7 Å². The van der Waals surface area contributed by atoms with Crippen molar-refractivity contribution in [2.75, 3.05) is 20.3 Å². The number of nitrogens with zero attached hydrogens (tertiary/aromatic N) is 1. The van der Waals surface area contributed by atoms with E-state index in [2.05, 4.69) is 0 Å². The van der Waals surface area contributed by atoms with Crippen molar-refractivity contribution in [1.29, 1.82) is 0 Å². The van der Waals surface area contributed by atoms with Crippen LogP contribution in [-0.4, -0.2) is 54.8 Å². The number of piperidine rings is 1. The molecule has 1 amide bonds. The first kappa shape index (κ1) is 20.6. The molecule has 3 rings (SSSR count). The Morgan fingerprint density at radius 2 is 1.86 bits per heavy atom. The standard InChI is InChI=1S/C21H28FNO5/c1-21(2,3)28-20(25)23-15-9-14(10-16(23)12-27-11-15)18(24)8-13-5-6-19(26-4)17(22)7-13/h5-7,14-16H,8-12H2,1-4H3. The fourth-order valence-corrected chi connectivity index (χ4v) is 3.96.